The molecule has 146 valence electrons. The van der Waals surface area contributed by atoms with E-state index in [4.69, 9.17) is 4.52 Å². The summed E-state index contributed by atoms with van der Waals surface area (Å²) in [5.41, 5.74) is 2.86. The van der Waals surface area contributed by atoms with E-state index in [1.807, 2.05) is 49.1 Å². The van der Waals surface area contributed by atoms with Gasteiger partial charge < -0.3 is 14.7 Å². The van der Waals surface area contributed by atoms with Crippen LogP contribution in [0.15, 0.2) is 34.9 Å². The highest BCUT2D eigenvalue weighted by atomic mass is 16.5. The van der Waals surface area contributed by atoms with Crippen LogP contribution in [0.25, 0.3) is 11.3 Å². The number of aromatic amines is 1. The number of aromatic nitrogens is 4. The second-order valence-corrected chi connectivity index (χ2v) is 7.27. The molecular weight excluding hydrogens is 356 g/mol. The minimum absolute atomic E-state index is 0.100. The minimum atomic E-state index is -0.100. The molecule has 8 heteroatoms. The van der Waals surface area contributed by atoms with Crippen molar-refractivity contribution in [1.29, 1.82) is 0 Å². The van der Waals surface area contributed by atoms with Gasteiger partial charge in [0.2, 0.25) is 0 Å². The van der Waals surface area contributed by atoms with Crippen molar-refractivity contribution in [3.05, 3.63) is 53.2 Å². The van der Waals surface area contributed by atoms with Gasteiger partial charge in [-0.15, -0.1) is 0 Å². The van der Waals surface area contributed by atoms with Crippen LogP contribution >= 0.6 is 0 Å². The number of carbonyl (C=O) groups excluding carboxylic acids is 1. The van der Waals surface area contributed by atoms with Crippen LogP contribution in [0.5, 0.6) is 0 Å². The zero-order chi connectivity index (χ0) is 19.5. The molecule has 4 rings (SSSR count). The molecule has 0 spiro atoms. The third-order valence-corrected chi connectivity index (χ3v) is 5.00. The van der Waals surface area contributed by atoms with E-state index < -0.39 is 0 Å². The van der Waals surface area contributed by atoms with E-state index in [0.29, 0.717) is 24.5 Å². The van der Waals surface area contributed by atoms with Crippen molar-refractivity contribution >= 4 is 6.03 Å². The summed E-state index contributed by atoms with van der Waals surface area (Å²) in [6.07, 6.45) is 1.93. The molecule has 28 heavy (non-hydrogen) atoms. The molecule has 0 bridgehead atoms. The SMILES string of the molecule is Cc1ccc(-c2cc(CNC(=O)N3CCCC(c4n[nH]c(C)n4)C3)no2)cc1. The fourth-order valence-electron chi connectivity index (χ4n) is 3.44. The average molecular weight is 380 g/mol. The number of nitrogens with one attached hydrogen (secondary N) is 2. The van der Waals surface area contributed by atoms with Gasteiger partial charge in [-0.3, -0.25) is 5.10 Å². The molecule has 1 fully saturated rings. The fraction of sp³-hybridized carbons (Fsp3) is 0.400. The Morgan fingerprint density at radius 2 is 2.14 bits per heavy atom. The first-order valence-corrected chi connectivity index (χ1v) is 9.53. The van der Waals surface area contributed by atoms with E-state index in [-0.39, 0.29) is 11.9 Å². The maximum absolute atomic E-state index is 12.6. The molecule has 2 aromatic heterocycles. The molecular formula is C20H24N6O2. The minimum Gasteiger partial charge on any atom is -0.356 e. The molecule has 3 heterocycles. The topological polar surface area (TPSA) is 99.9 Å². The van der Waals surface area contributed by atoms with E-state index in [1.54, 1.807) is 0 Å². The lowest BCUT2D eigenvalue weighted by atomic mass is 9.98. The van der Waals surface area contributed by atoms with E-state index >= 15 is 0 Å². The number of hydrogen-bond donors (Lipinski definition) is 2. The number of likely N-dealkylation sites (tertiary alicyclic amines) is 1. The van der Waals surface area contributed by atoms with Gasteiger partial charge in [0.25, 0.3) is 0 Å². The number of carbonyl (C=O) groups is 1. The van der Waals surface area contributed by atoms with Gasteiger partial charge in [-0.25, -0.2) is 9.78 Å². The zero-order valence-corrected chi connectivity index (χ0v) is 16.1. The normalized spacial score (nSPS) is 16.9. The Kier molecular flexibility index (Phi) is 5.10. The van der Waals surface area contributed by atoms with E-state index in [9.17, 15) is 4.79 Å². The number of H-pyrrole nitrogens is 1. The second kappa shape index (κ2) is 7.84. The van der Waals surface area contributed by atoms with Crippen LogP contribution in [0.2, 0.25) is 0 Å². The van der Waals surface area contributed by atoms with Gasteiger partial charge in [0.1, 0.15) is 11.5 Å². The van der Waals surface area contributed by atoms with Gasteiger partial charge in [-0.2, -0.15) is 5.10 Å². The Labute approximate surface area is 163 Å². The molecule has 0 radical (unpaired) electrons. The molecule has 3 aromatic rings. The van der Waals surface area contributed by atoms with Crippen LogP contribution in [0, 0.1) is 13.8 Å². The van der Waals surface area contributed by atoms with Crippen LogP contribution in [0.3, 0.4) is 0 Å². The Bertz CT molecular complexity index is 946. The van der Waals surface area contributed by atoms with Crippen molar-refractivity contribution in [2.24, 2.45) is 0 Å². The molecule has 8 nitrogen and oxygen atoms in total. The number of aryl methyl sites for hydroxylation is 2. The quantitative estimate of drug-likeness (QED) is 0.724. The van der Waals surface area contributed by atoms with Crippen LogP contribution in [-0.4, -0.2) is 44.4 Å². The molecule has 1 aliphatic heterocycles. The van der Waals surface area contributed by atoms with Gasteiger partial charge in [0, 0.05) is 30.6 Å². The van der Waals surface area contributed by atoms with Gasteiger partial charge in [-0.05, 0) is 26.7 Å². The van der Waals surface area contributed by atoms with Crippen molar-refractivity contribution in [2.75, 3.05) is 13.1 Å². The Morgan fingerprint density at radius 3 is 2.89 bits per heavy atom. The molecule has 1 aliphatic rings. The summed E-state index contributed by atoms with van der Waals surface area (Å²) >= 11 is 0. The summed E-state index contributed by atoms with van der Waals surface area (Å²) in [6, 6.07) is 9.81. The first kappa shape index (κ1) is 18.2. The van der Waals surface area contributed by atoms with Crippen molar-refractivity contribution in [2.45, 2.75) is 39.2 Å². The summed E-state index contributed by atoms with van der Waals surface area (Å²) in [5, 5.41) is 14.1. The standard InChI is InChI=1S/C20H24N6O2/c1-13-5-7-15(8-6-13)18-10-17(25-28-18)11-21-20(27)26-9-3-4-16(12-26)19-22-14(2)23-24-19/h5-8,10,16H,3-4,9,11-12H2,1-2H3,(H,21,27)(H,22,23,24). The first-order valence-electron chi connectivity index (χ1n) is 9.53. The molecule has 1 unspecified atom stereocenters. The molecule has 0 aliphatic carbocycles. The lowest BCUT2D eigenvalue weighted by molar-refractivity contribution is 0.177. The summed E-state index contributed by atoms with van der Waals surface area (Å²) in [4.78, 5) is 18.8. The van der Waals surface area contributed by atoms with Crippen LogP contribution in [0.1, 0.15) is 41.7 Å². The van der Waals surface area contributed by atoms with Crippen molar-refractivity contribution < 1.29 is 9.32 Å². The third-order valence-electron chi connectivity index (χ3n) is 5.00. The largest absolute Gasteiger partial charge is 0.356 e. The maximum atomic E-state index is 12.6. The zero-order valence-electron chi connectivity index (χ0n) is 16.1. The second-order valence-electron chi connectivity index (χ2n) is 7.27. The highest BCUT2D eigenvalue weighted by Gasteiger charge is 2.27. The monoisotopic (exact) mass is 380 g/mol. The van der Waals surface area contributed by atoms with Crippen molar-refractivity contribution in [3.8, 4) is 11.3 Å². The smallest absolute Gasteiger partial charge is 0.317 e. The van der Waals surface area contributed by atoms with Crippen molar-refractivity contribution in [3.63, 3.8) is 0 Å². The fourth-order valence-corrected chi connectivity index (χ4v) is 3.44. The lowest BCUT2D eigenvalue weighted by Gasteiger charge is -2.31. The number of hydrogen-bond acceptors (Lipinski definition) is 5. The highest BCUT2D eigenvalue weighted by Crippen LogP contribution is 2.24. The van der Waals surface area contributed by atoms with Crippen LogP contribution in [0.4, 0.5) is 4.79 Å². The average Bonchev–Trinajstić information content (AvgIpc) is 3.36. The summed E-state index contributed by atoms with van der Waals surface area (Å²) in [7, 11) is 0. The number of nitrogens with zero attached hydrogens (tertiary/aromatic N) is 4. The van der Waals surface area contributed by atoms with E-state index in [0.717, 1.165) is 36.6 Å². The predicted molar refractivity (Wildman–Crippen MR) is 104 cm³/mol. The number of urea groups is 1. The van der Waals surface area contributed by atoms with Gasteiger partial charge in [0.15, 0.2) is 11.6 Å². The van der Waals surface area contributed by atoms with Crippen LogP contribution < -0.4 is 5.32 Å². The number of benzene rings is 1. The molecule has 2 amide bonds. The summed E-state index contributed by atoms with van der Waals surface area (Å²) in [5.74, 6) is 2.45. The summed E-state index contributed by atoms with van der Waals surface area (Å²) < 4.78 is 5.41. The number of amides is 2. The lowest BCUT2D eigenvalue weighted by Crippen LogP contribution is -2.44. The van der Waals surface area contributed by atoms with Gasteiger partial charge in [0.05, 0.1) is 6.54 Å². The Hall–Kier alpha value is -3.16. The third kappa shape index (κ3) is 4.05. The molecule has 1 aromatic carbocycles. The van der Waals surface area contributed by atoms with Crippen molar-refractivity contribution in [1.82, 2.24) is 30.6 Å². The molecule has 1 saturated heterocycles. The maximum Gasteiger partial charge on any atom is 0.317 e. The highest BCUT2D eigenvalue weighted by molar-refractivity contribution is 5.74. The van der Waals surface area contributed by atoms with Crippen LogP contribution in [-0.2, 0) is 6.54 Å². The Balaban J connectivity index is 1.33. The molecule has 1 atom stereocenters. The Morgan fingerprint density at radius 1 is 1.32 bits per heavy atom. The molecule has 0 saturated carbocycles. The van der Waals surface area contributed by atoms with E-state index in [2.05, 4.69) is 25.7 Å². The number of rotatable bonds is 4. The van der Waals surface area contributed by atoms with Gasteiger partial charge in [-0.1, -0.05) is 35.0 Å². The number of piperidine rings is 1. The van der Waals surface area contributed by atoms with E-state index in [1.165, 1.54) is 5.56 Å². The molecule has 2 N–H and O–H groups in total. The summed E-state index contributed by atoms with van der Waals surface area (Å²) in [6.45, 7) is 5.61. The van der Waals surface area contributed by atoms with Gasteiger partial charge >= 0.3 is 6.03 Å². The first-order chi connectivity index (χ1) is 13.6. The predicted octanol–water partition coefficient (Wildman–Crippen LogP) is 3.17.